The lowest BCUT2D eigenvalue weighted by Crippen LogP contribution is -1.90. The van der Waals surface area contributed by atoms with Crippen LogP contribution in [0.25, 0.3) is 21.8 Å². The van der Waals surface area contributed by atoms with Gasteiger partial charge in [0.05, 0.1) is 24.4 Å². The fraction of sp³-hybridized carbons (Fsp3) is 0.0769. The average Bonchev–Trinajstić information content (AvgIpc) is 3.07. The van der Waals surface area contributed by atoms with Crippen molar-refractivity contribution < 1.29 is 9.26 Å². The van der Waals surface area contributed by atoms with Crippen molar-refractivity contribution in [3.05, 3.63) is 36.0 Å². The van der Waals surface area contributed by atoms with Crippen molar-refractivity contribution in [2.45, 2.75) is 0 Å². The normalized spacial score (nSPS) is 10.6. The second-order valence-corrected chi connectivity index (χ2v) is 4.77. The Morgan fingerprint density at radius 1 is 1.37 bits per heavy atom. The van der Waals surface area contributed by atoms with Crippen LogP contribution in [0.1, 0.15) is 0 Å². The van der Waals surface area contributed by atoms with Crippen LogP contribution in [-0.2, 0) is 0 Å². The number of hydrogen-bond acceptors (Lipinski definition) is 6. The highest BCUT2D eigenvalue weighted by Crippen LogP contribution is 2.41. The van der Waals surface area contributed by atoms with E-state index in [1.165, 1.54) is 0 Å². The SMILES string of the molecule is COc1cnccc1-c1onc(N)c1-c1cccs1. The number of ether oxygens (including phenoxy) is 1. The van der Waals surface area contributed by atoms with Crippen LogP contribution in [0.5, 0.6) is 5.75 Å². The van der Waals surface area contributed by atoms with E-state index in [0.29, 0.717) is 17.3 Å². The molecule has 19 heavy (non-hydrogen) atoms. The second-order valence-electron chi connectivity index (χ2n) is 3.83. The fourth-order valence-corrected chi connectivity index (χ4v) is 2.65. The molecule has 0 amide bonds. The van der Waals surface area contributed by atoms with Crippen LogP contribution in [-0.4, -0.2) is 17.3 Å². The van der Waals surface area contributed by atoms with E-state index in [9.17, 15) is 0 Å². The number of rotatable bonds is 3. The van der Waals surface area contributed by atoms with Gasteiger partial charge in [0.2, 0.25) is 0 Å². The molecule has 0 saturated heterocycles. The van der Waals surface area contributed by atoms with E-state index >= 15 is 0 Å². The van der Waals surface area contributed by atoms with E-state index in [1.54, 1.807) is 30.8 Å². The molecule has 3 aromatic rings. The molecular formula is C13H11N3O2S. The summed E-state index contributed by atoms with van der Waals surface area (Å²) in [4.78, 5) is 5.03. The molecule has 0 radical (unpaired) electrons. The summed E-state index contributed by atoms with van der Waals surface area (Å²) in [7, 11) is 1.59. The molecule has 3 heterocycles. The summed E-state index contributed by atoms with van der Waals surface area (Å²) in [5.41, 5.74) is 7.48. The van der Waals surface area contributed by atoms with Crippen LogP contribution < -0.4 is 10.5 Å². The largest absolute Gasteiger partial charge is 0.494 e. The summed E-state index contributed by atoms with van der Waals surface area (Å²) >= 11 is 1.58. The predicted molar refractivity (Wildman–Crippen MR) is 74.0 cm³/mol. The highest BCUT2D eigenvalue weighted by Gasteiger charge is 2.21. The van der Waals surface area contributed by atoms with Gasteiger partial charge in [0.25, 0.3) is 0 Å². The molecule has 0 saturated carbocycles. The minimum absolute atomic E-state index is 0.372. The zero-order chi connectivity index (χ0) is 13.2. The Morgan fingerprint density at radius 2 is 2.26 bits per heavy atom. The number of nitrogens with zero attached hydrogens (tertiary/aromatic N) is 2. The van der Waals surface area contributed by atoms with Crippen LogP contribution >= 0.6 is 11.3 Å². The van der Waals surface area contributed by atoms with E-state index in [0.717, 1.165) is 16.0 Å². The lowest BCUT2D eigenvalue weighted by molar-refractivity contribution is 0.405. The Bertz CT molecular complexity index is 692. The van der Waals surface area contributed by atoms with Crippen molar-refractivity contribution in [1.29, 1.82) is 0 Å². The van der Waals surface area contributed by atoms with Crippen LogP contribution in [0.3, 0.4) is 0 Å². The maximum Gasteiger partial charge on any atom is 0.181 e. The molecule has 0 fully saturated rings. The molecule has 0 unspecified atom stereocenters. The van der Waals surface area contributed by atoms with Crippen molar-refractivity contribution >= 4 is 17.2 Å². The van der Waals surface area contributed by atoms with Gasteiger partial charge in [0.15, 0.2) is 11.6 Å². The lowest BCUT2D eigenvalue weighted by Gasteiger charge is -2.05. The zero-order valence-electron chi connectivity index (χ0n) is 10.2. The maximum atomic E-state index is 5.91. The van der Waals surface area contributed by atoms with E-state index in [1.807, 2.05) is 23.6 Å². The first-order chi connectivity index (χ1) is 9.31. The number of thiophene rings is 1. The zero-order valence-corrected chi connectivity index (χ0v) is 11.0. The van der Waals surface area contributed by atoms with Crippen molar-refractivity contribution in [3.63, 3.8) is 0 Å². The fourth-order valence-electron chi connectivity index (χ4n) is 1.88. The highest BCUT2D eigenvalue weighted by atomic mass is 32.1. The summed E-state index contributed by atoms with van der Waals surface area (Å²) in [5, 5.41) is 5.84. The van der Waals surface area contributed by atoms with E-state index in [4.69, 9.17) is 15.0 Å². The summed E-state index contributed by atoms with van der Waals surface area (Å²) in [6.45, 7) is 0. The standard InChI is InChI=1S/C13H11N3O2S/c1-17-9-7-15-5-4-8(9)12-11(13(14)16-18-12)10-3-2-6-19-10/h2-7H,1H3,(H2,14,16). The van der Waals surface area contributed by atoms with Crippen LogP contribution in [0, 0.1) is 0 Å². The number of methoxy groups -OCH3 is 1. The average molecular weight is 273 g/mol. The minimum Gasteiger partial charge on any atom is -0.494 e. The summed E-state index contributed by atoms with van der Waals surface area (Å²) in [6.07, 6.45) is 3.31. The molecule has 6 heteroatoms. The Labute approximate surface area is 113 Å². The summed E-state index contributed by atoms with van der Waals surface area (Å²) in [5.74, 6) is 1.59. The molecule has 3 aromatic heterocycles. The predicted octanol–water partition coefficient (Wildman–Crippen LogP) is 3.06. The van der Waals surface area contributed by atoms with E-state index < -0.39 is 0 Å². The monoisotopic (exact) mass is 273 g/mol. The Kier molecular flexibility index (Phi) is 2.92. The van der Waals surface area contributed by atoms with Gasteiger partial charge in [-0.15, -0.1) is 11.3 Å². The molecule has 2 N–H and O–H groups in total. The van der Waals surface area contributed by atoms with Crippen LogP contribution in [0.4, 0.5) is 5.82 Å². The quantitative estimate of drug-likeness (QED) is 0.793. The molecule has 5 nitrogen and oxygen atoms in total. The Hall–Kier alpha value is -2.34. The van der Waals surface area contributed by atoms with Crippen molar-refractivity contribution in [2.75, 3.05) is 12.8 Å². The third-order valence-corrected chi connectivity index (χ3v) is 3.62. The Balaban J connectivity index is 2.22. The van der Waals surface area contributed by atoms with Gasteiger partial charge in [-0.3, -0.25) is 4.98 Å². The molecule has 0 aliphatic rings. The number of nitrogens with two attached hydrogens (primary N) is 1. The van der Waals surface area contributed by atoms with Crippen molar-refractivity contribution in [3.8, 4) is 27.5 Å². The second kappa shape index (κ2) is 4.74. The molecule has 96 valence electrons. The number of aromatic nitrogens is 2. The first-order valence-corrected chi connectivity index (χ1v) is 6.46. The molecule has 0 aromatic carbocycles. The first kappa shape index (κ1) is 11.7. The van der Waals surface area contributed by atoms with Crippen LogP contribution in [0.2, 0.25) is 0 Å². The van der Waals surface area contributed by atoms with Gasteiger partial charge < -0.3 is 15.0 Å². The molecule has 0 atom stereocenters. The molecule has 0 aliphatic carbocycles. The van der Waals surface area contributed by atoms with Gasteiger partial charge in [0, 0.05) is 11.1 Å². The third-order valence-electron chi connectivity index (χ3n) is 2.74. The van der Waals surface area contributed by atoms with Crippen molar-refractivity contribution in [1.82, 2.24) is 10.1 Å². The molecular weight excluding hydrogens is 262 g/mol. The smallest absolute Gasteiger partial charge is 0.181 e. The maximum absolute atomic E-state index is 5.91. The minimum atomic E-state index is 0.372. The number of hydrogen-bond donors (Lipinski definition) is 1. The number of anilines is 1. The van der Waals surface area contributed by atoms with Gasteiger partial charge in [0.1, 0.15) is 5.75 Å². The summed E-state index contributed by atoms with van der Waals surface area (Å²) < 4.78 is 10.7. The van der Waals surface area contributed by atoms with Gasteiger partial charge >= 0.3 is 0 Å². The van der Waals surface area contributed by atoms with Gasteiger partial charge in [-0.2, -0.15) is 0 Å². The number of nitrogen functional groups attached to an aromatic ring is 1. The molecule has 0 aliphatic heterocycles. The Morgan fingerprint density at radius 3 is 3.00 bits per heavy atom. The first-order valence-electron chi connectivity index (χ1n) is 5.58. The molecule has 3 rings (SSSR count). The topological polar surface area (TPSA) is 74.2 Å². The van der Waals surface area contributed by atoms with Gasteiger partial charge in [-0.25, -0.2) is 0 Å². The summed E-state index contributed by atoms with van der Waals surface area (Å²) in [6, 6.07) is 5.75. The van der Waals surface area contributed by atoms with E-state index in [-0.39, 0.29) is 0 Å². The van der Waals surface area contributed by atoms with E-state index in [2.05, 4.69) is 10.1 Å². The van der Waals surface area contributed by atoms with Crippen LogP contribution in [0.15, 0.2) is 40.5 Å². The number of pyridine rings is 1. The highest BCUT2D eigenvalue weighted by molar-refractivity contribution is 7.13. The molecule has 0 spiro atoms. The van der Waals surface area contributed by atoms with Gasteiger partial charge in [-0.05, 0) is 17.5 Å². The van der Waals surface area contributed by atoms with Gasteiger partial charge in [-0.1, -0.05) is 11.2 Å². The third kappa shape index (κ3) is 1.96. The van der Waals surface area contributed by atoms with Crippen molar-refractivity contribution in [2.24, 2.45) is 0 Å². The molecule has 0 bridgehead atoms. The lowest BCUT2D eigenvalue weighted by atomic mass is 10.1.